The standard InChI is InChI=1S/C21H17BrCl2N4O3/c1-30-18-5-3-2-4-14(18)17-9-19(31-27-17)21(29)25-20-15(22)11-28(26-20)10-12-6-7-13(23)8-16(12)24/h2-8,11,19H,9-10H2,1H3,(H,25,26,29). The van der Waals surface area contributed by atoms with Crippen molar-refractivity contribution in [3.05, 3.63) is 74.3 Å². The predicted molar refractivity (Wildman–Crippen MR) is 123 cm³/mol. The Morgan fingerprint density at radius 3 is 2.90 bits per heavy atom. The maximum absolute atomic E-state index is 12.7. The van der Waals surface area contributed by atoms with Crippen LogP contribution < -0.4 is 10.1 Å². The van der Waals surface area contributed by atoms with E-state index in [9.17, 15) is 4.79 Å². The Morgan fingerprint density at radius 2 is 2.13 bits per heavy atom. The fourth-order valence-corrected chi connectivity index (χ4v) is 4.03. The minimum absolute atomic E-state index is 0.324. The second kappa shape index (κ2) is 9.30. The van der Waals surface area contributed by atoms with Gasteiger partial charge in [0.2, 0.25) is 6.10 Å². The van der Waals surface area contributed by atoms with E-state index in [0.29, 0.717) is 44.8 Å². The van der Waals surface area contributed by atoms with Crippen LogP contribution in [0.2, 0.25) is 10.0 Å². The van der Waals surface area contributed by atoms with Gasteiger partial charge in [0.15, 0.2) is 5.82 Å². The van der Waals surface area contributed by atoms with E-state index in [2.05, 4.69) is 31.5 Å². The number of methoxy groups -OCH3 is 1. The molecule has 1 aliphatic rings. The summed E-state index contributed by atoms with van der Waals surface area (Å²) in [6, 6.07) is 12.7. The van der Waals surface area contributed by atoms with Gasteiger partial charge in [-0.25, -0.2) is 0 Å². The predicted octanol–water partition coefficient (Wildman–Crippen LogP) is 5.14. The number of aromatic nitrogens is 2. The maximum atomic E-state index is 12.7. The van der Waals surface area contributed by atoms with Crippen LogP contribution in [0.25, 0.3) is 0 Å². The molecule has 0 saturated heterocycles. The third-order valence-electron chi connectivity index (χ3n) is 4.69. The van der Waals surface area contributed by atoms with Gasteiger partial charge in [-0.2, -0.15) is 5.10 Å². The second-order valence-electron chi connectivity index (χ2n) is 6.78. The monoisotopic (exact) mass is 522 g/mol. The van der Waals surface area contributed by atoms with E-state index in [1.165, 1.54) is 0 Å². The third kappa shape index (κ3) is 4.87. The largest absolute Gasteiger partial charge is 0.496 e. The number of para-hydroxylation sites is 1. The molecule has 4 rings (SSSR count). The van der Waals surface area contributed by atoms with Crippen LogP contribution >= 0.6 is 39.1 Å². The summed E-state index contributed by atoms with van der Waals surface area (Å²) in [5, 5.41) is 12.4. The summed E-state index contributed by atoms with van der Waals surface area (Å²) in [6.45, 7) is 0.422. The summed E-state index contributed by atoms with van der Waals surface area (Å²) >= 11 is 15.6. The van der Waals surface area contributed by atoms with Crippen LogP contribution in [0.15, 0.2) is 58.3 Å². The maximum Gasteiger partial charge on any atom is 0.269 e. The number of nitrogens with one attached hydrogen (secondary N) is 1. The molecular weight excluding hydrogens is 507 g/mol. The minimum atomic E-state index is -0.761. The molecule has 2 heterocycles. The number of hydrogen-bond donors (Lipinski definition) is 1. The Kier molecular flexibility index (Phi) is 6.50. The number of ether oxygens (including phenoxy) is 1. The van der Waals surface area contributed by atoms with Gasteiger partial charge in [-0.3, -0.25) is 9.48 Å². The van der Waals surface area contributed by atoms with Crippen LogP contribution in [-0.4, -0.2) is 34.6 Å². The Balaban J connectivity index is 1.41. The molecule has 3 aromatic rings. The quantitative estimate of drug-likeness (QED) is 0.485. The topological polar surface area (TPSA) is 77.7 Å². The molecule has 10 heteroatoms. The summed E-state index contributed by atoms with van der Waals surface area (Å²) < 4.78 is 7.66. The molecule has 2 aromatic carbocycles. The second-order valence-corrected chi connectivity index (χ2v) is 8.48. The van der Waals surface area contributed by atoms with Gasteiger partial charge in [0.25, 0.3) is 5.91 Å². The first-order chi connectivity index (χ1) is 14.9. The van der Waals surface area contributed by atoms with Crippen LogP contribution in [0, 0.1) is 0 Å². The Morgan fingerprint density at radius 1 is 1.32 bits per heavy atom. The van der Waals surface area contributed by atoms with Crippen LogP contribution in [0.5, 0.6) is 5.75 Å². The molecule has 0 fully saturated rings. The molecule has 1 amide bonds. The highest BCUT2D eigenvalue weighted by molar-refractivity contribution is 9.10. The summed E-state index contributed by atoms with van der Waals surface area (Å²) in [5.41, 5.74) is 2.30. The van der Waals surface area contributed by atoms with Gasteiger partial charge in [-0.05, 0) is 45.8 Å². The highest BCUT2D eigenvalue weighted by Gasteiger charge is 2.31. The van der Waals surface area contributed by atoms with Crippen molar-refractivity contribution in [1.82, 2.24) is 9.78 Å². The van der Waals surface area contributed by atoms with E-state index >= 15 is 0 Å². The number of hydrogen-bond acceptors (Lipinski definition) is 5. The Bertz CT molecular complexity index is 1170. The van der Waals surface area contributed by atoms with Crippen molar-refractivity contribution in [3.63, 3.8) is 0 Å². The minimum Gasteiger partial charge on any atom is -0.496 e. The molecule has 0 aliphatic carbocycles. The van der Waals surface area contributed by atoms with Crippen molar-refractivity contribution in [2.24, 2.45) is 5.16 Å². The average molecular weight is 524 g/mol. The molecule has 1 unspecified atom stereocenters. The number of halogens is 3. The number of carbonyl (C=O) groups is 1. The van der Waals surface area contributed by atoms with Crippen LogP contribution in [0.4, 0.5) is 5.82 Å². The van der Waals surface area contributed by atoms with Crippen LogP contribution in [0.1, 0.15) is 17.5 Å². The number of oxime groups is 1. The SMILES string of the molecule is COc1ccccc1C1=NOC(C(=O)Nc2nn(Cc3ccc(Cl)cc3Cl)cc2Br)C1. The van der Waals surface area contributed by atoms with Crippen molar-refractivity contribution in [3.8, 4) is 5.75 Å². The molecule has 31 heavy (non-hydrogen) atoms. The lowest BCUT2D eigenvalue weighted by Crippen LogP contribution is -2.28. The van der Waals surface area contributed by atoms with E-state index in [1.807, 2.05) is 30.3 Å². The lowest BCUT2D eigenvalue weighted by atomic mass is 10.0. The fourth-order valence-electron chi connectivity index (χ4n) is 3.14. The molecule has 1 aliphatic heterocycles. The van der Waals surface area contributed by atoms with Gasteiger partial charge in [-0.1, -0.05) is 46.6 Å². The number of amides is 1. The number of nitrogens with zero attached hydrogens (tertiary/aromatic N) is 3. The molecule has 1 atom stereocenters. The number of carbonyl (C=O) groups excluding carboxylic acids is 1. The molecule has 0 radical (unpaired) electrons. The van der Waals surface area contributed by atoms with E-state index in [1.54, 1.807) is 30.1 Å². The zero-order valence-corrected chi connectivity index (χ0v) is 19.4. The van der Waals surface area contributed by atoms with Crippen LogP contribution in [0.3, 0.4) is 0 Å². The Labute approximate surface area is 197 Å². The third-order valence-corrected chi connectivity index (χ3v) is 5.85. The van der Waals surface area contributed by atoms with Crippen molar-refractivity contribution in [2.45, 2.75) is 19.1 Å². The lowest BCUT2D eigenvalue weighted by Gasteiger charge is -2.09. The van der Waals surface area contributed by atoms with Gasteiger partial charge < -0.3 is 14.9 Å². The van der Waals surface area contributed by atoms with Crippen molar-refractivity contribution < 1.29 is 14.4 Å². The molecule has 0 spiro atoms. The van der Waals surface area contributed by atoms with Gasteiger partial charge in [0.05, 0.1) is 23.8 Å². The average Bonchev–Trinajstić information content (AvgIpc) is 3.37. The van der Waals surface area contributed by atoms with Gasteiger partial charge in [-0.15, -0.1) is 0 Å². The zero-order valence-electron chi connectivity index (χ0n) is 16.3. The van der Waals surface area contributed by atoms with E-state index in [-0.39, 0.29) is 5.91 Å². The molecule has 1 aromatic heterocycles. The lowest BCUT2D eigenvalue weighted by molar-refractivity contribution is -0.125. The smallest absolute Gasteiger partial charge is 0.269 e. The van der Waals surface area contributed by atoms with Gasteiger partial charge in [0.1, 0.15) is 5.75 Å². The molecule has 160 valence electrons. The molecule has 0 bridgehead atoms. The highest BCUT2D eigenvalue weighted by Crippen LogP contribution is 2.27. The number of anilines is 1. The molecule has 1 N–H and O–H groups in total. The highest BCUT2D eigenvalue weighted by atomic mass is 79.9. The summed E-state index contributed by atoms with van der Waals surface area (Å²) in [7, 11) is 1.59. The molecule has 0 saturated carbocycles. The summed E-state index contributed by atoms with van der Waals surface area (Å²) in [4.78, 5) is 18.1. The van der Waals surface area contributed by atoms with Crippen molar-refractivity contribution in [1.29, 1.82) is 0 Å². The molecule has 7 nitrogen and oxygen atoms in total. The zero-order chi connectivity index (χ0) is 22.0. The normalized spacial score (nSPS) is 15.4. The first-order valence-corrected chi connectivity index (χ1v) is 10.8. The molecular formula is C21H17BrCl2N4O3. The van der Waals surface area contributed by atoms with Gasteiger partial charge >= 0.3 is 0 Å². The number of rotatable bonds is 6. The van der Waals surface area contributed by atoms with Crippen molar-refractivity contribution in [2.75, 3.05) is 12.4 Å². The van der Waals surface area contributed by atoms with E-state index < -0.39 is 6.10 Å². The van der Waals surface area contributed by atoms with Crippen LogP contribution in [-0.2, 0) is 16.2 Å². The van der Waals surface area contributed by atoms with E-state index in [0.717, 1.165) is 11.1 Å². The summed E-state index contributed by atoms with van der Waals surface area (Å²) in [6.07, 6.45) is 1.32. The first kappa shape index (κ1) is 21.7. The Hall–Kier alpha value is -2.55. The van der Waals surface area contributed by atoms with E-state index in [4.69, 9.17) is 32.8 Å². The first-order valence-electron chi connectivity index (χ1n) is 9.28. The summed E-state index contributed by atoms with van der Waals surface area (Å²) in [5.74, 6) is 0.710. The van der Waals surface area contributed by atoms with Gasteiger partial charge in [0, 0.05) is 28.2 Å². The fraction of sp³-hybridized carbons (Fsp3) is 0.190. The number of benzene rings is 2. The van der Waals surface area contributed by atoms with Crippen molar-refractivity contribution >= 4 is 56.6 Å².